The van der Waals surface area contributed by atoms with Crippen molar-refractivity contribution in [2.24, 2.45) is 0 Å². The van der Waals surface area contributed by atoms with Crippen molar-refractivity contribution in [3.05, 3.63) is 5.82 Å². The maximum Gasteiger partial charge on any atom is 0.322 e. The molecule has 14 heavy (non-hydrogen) atoms. The predicted molar refractivity (Wildman–Crippen MR) is 48.3 cm³/mol. The van der Waals surface area contributed by atoms with Gasteiger partial charge in [-0.3, -0.25) is 0 Å². The number of rotatable bonds is 4. The second-order valence-electron chi connectivity index (χ2n) is 2.78. The van der Waals surface area contributed by atoms with Gasteiger partial charge >= 0.3 is 12.0 Å². The molecule has 78 valence electrons. The zero-order valence-corrected chi connectivity index (χ0v) is 8.39. The fraction of sp³-hybridized carbons (Fsp3) is 0.625. The van der Waals surface area contributed by atoms with Crippen LogP contribution in [-0.2, 0) is 6.42 Å². The first-order valence-electron chi connectivity index (χ1n) is 4.16. The van der Waals surface area contributed by atoms with Crippen LogP contribution < -0.4 is 9.47 Å². The van der Waals surface area contributed by atoms with E-state index in [4.69, 9.17) is 14.6 Å². The molecule has 6 nitrogen and oxygen atoms in total. The highest BCUT2D eigenvalue weighted by molar-refractivity contribution is 5.05. The number of aliphatic hydroxyl groups excluding tert-OH is 1. The highest BCUT2D eigenvalue weighted by Gasteiger charge is 2.08. The van der Waals surface area contributed by atoms with Gasteiger partial charge in [-0.05, 0) is 6.92 Å². The number of hydrogen-bond acceptors (Lipinski definition) is 6. The summed E-state index contributed by atoms with van der Waals surface area (Å²) in [6, 6.07) is 0.375. The molecule has 1 aromatic rings. The van der Waals surface area contributed by atoms with Gasteiger partial charge in [0.2, 0.25) is 0 Å². The van der Waals surface area contributed by atoms with E-state index in [1.807, 2.05) is 0 Å². The highest BCUT2D eigenvalue weighted by atomic mass is 16.5. The molecular weight excluding hydrogens is 186 g/mol. The zero-order valence-electron chi connectivity index (χ0n) is 8.39. The zero-order chi connectivity index (χ0) is 10.6. The van der Waals surface area contributed by atoms with Gasteiger partial charge < -0.3 is 14.6 Å². The van der Waals surface area contributed by atoms with Crippen LogP contribution in [0.2, 0.25) is 0 Å². The summed E-state index contributed by atoms with van der Waals surface area (Å²) in [6.07, 6.45) is -0.165. The number of aromatic nitrogens is 3. The quantitative estimate of drug-likeness (QED) is 0.724. The maximum absolute atomic E-state index is 9.15. The molecule has 1 rings (SSSR count). The Morgan fingerprint density at radius 3 is 2.00 bits per heavy atom. The van der Waals surface area contributed by atoms with Crippen molar-refractivity contribution in [1.29, 1.82) is 0 Å². The van der Waals surface area contributed by atoms with Gasteiger partial charge in [-0.15, -0.1) is 4.98 Å². The molecule has 0 spiro atoms. The van der Waals surface area contributed by atoms with E-state index in [9.17, 15) is 0 Å². The third-order valence-electron chi connectivity index (χ3n) is 1.48. The number of nitrogens with zero attached hydrogens (tertiary/aromatic N) is 3. The van der Waals surface area contributed by atoms with Crippen LogP contribution in [-0.4, -0.2) is 40.4 Å². The van der Waals surface area contributed by atoms with Crippen molar-refractivity contribution >= 4 is 0 Å². The molecule has 0 saturated heterocycles. The van der Waals surface area contributed by atoms with Gasteiger partial charge in [-0.2, -0.15) is 9.97 Å². The standard InChI is InChI=1S/C8H13N3O3/c1-5(12)4-6-9-7(13-2)11-8(10-6)14-3/h5,12H,4H2,1-3H3. The van der Waals surface area contributed by atoms with Crippen molar-refractivity contribution in [3.8, 4) is 12.0 Å². The molecule has 0 fully saturated rings. The summed E-state index contributed by atoms with van der Waals surface area (Å²) in [4.78, 5) is 11.7. The number of aliphatic hydroxyl groups is 1. The van der Waals surface area contributed by atoms with Crippen LogP contribution in [0.1, 0.15) is 12.7 Å². The molecule has 1 heterocycles. The molecule has 0 saturated carbocycles. The Balaban J connectivity index is 2.92. The molecule has 0 bridgehead atoms. The second kappa shape index (κ2) is 4.71. The van der Waals surface area contributed by atoms with Crippen molar-refractivity contribution in [2.75, 3.05) is 14.2 Å². The van der Waals surface area contributed by atoms with Crippen LogP contribution in [0.4, 0.5) is 0 Å². The minimum atomic E-state index is -0.508. The predicted octanol–water partition coefficient (Wildman–Crippen LogP) is -0.188. The average molecular weight is 199 g/mol. The van der Waals surface area contributed by atoms with Crippen molar-refractivity contribution in [2.45, 2.75) is 19.4 Å². The van der Waals surface area contributed by atoms with E-state index in [-0.39, 0.29) is 12.0 Å². The van der Waals surface area contributed by atoms with Crippen molar-refractivity contribution < 1.29 is 14.6 Å². The van der Waals surface area contributed by atoms with E-state index >= 15 is 0 Å². The minimum absolute atomic E-state index is 0.188. The van der Waals surface area contributed by atoms with Gasteiger partial charge in [0, 0.05) is 6.42 Å². The summed E-state index contributed by atoms with van der Waals surface area (Å²) in [7, 11) is 2.92. The maximum atomic E-state index is 9.15. The smallest absolute Gasteiger partial charge is 0.322 e. The van der Waals surface area contributed by atoms with Gasteiger partial charge in [-0.1, -0.05) is 0 Å². The molecule has 0 aliphatic rings. The topological polar surface area (TPSA) is 77.4 Å². The Labute approximate surface area is 81.9 Å². The molecule has 1 aromatic heterocycles. The lowest BCUT2D eigenvalue weighted by atomic mass is 10.3. The summed E-state index contributed by atoms with van der Waals surface area (Å²) in [5.74, 6) is 0.448. The summed E-state index contributed by atoms with van der Waals surface area (Å²) in [6.45, 7) is 1.66. The molecule has 1 N–H and O–H groups in total. The Morgan fingerprint density at radius 1 is 1.14 bits per heavy atom. The third-order valence-corrected chi connectivity index (χ3v) is 1.48. The molecule has 1 atom stereocenters. The van der Waals surface area contributed by atoms with Gasteiger partial charge in [0.1, 0.15) is 5.82 Å². The van der Waals surface area contributed by atoms with Crippen LogP contribution >= 0.6 is 0 Å². The van der Waals surface area contributed by atoms with Gasteiger partial charge in [-0.25, -0.2) is 0 Å². The largest absolute Gasteiger partial charge is 0.467 e. The molecule has 0 aliphatic heterocycles. The first-order valence-corrected chi connectivity index (χ1v) is 4.16. The molecule has 0 aliphatic carbocycles. The Hall–Kier alpha value is -1.43. The fourth-order valence-electron chi connectivity index (χ4n) is 0.916. The van der Waals surface area contributed by atoms with E-state index in [1.165, 1.54) is 14.2 Å². The number of methoxy groups -OCH3 is 2. The SMILES string of the molecule is COc1nc(CC(C)O)nc(OC)n1. The van der Waals surface area contributed by atoms with Crippen LogP contribution in [0.5, 0.6) is 12.0 Å². The average Bonchev–Trinajstić information content (AvgIpc) is 2.16. The third kappa shape index (κ3) is 2.81. The molecule has 0 aromatic carbocycles. The summed E-state index contributed by atoms with van der Waals surface area (Å²) >= 11 is 0. The van der Waals surface area contributed by atoms with Crippen LogP contribution in [0.25, 0.3) is 0 Å². The Morgan fingerprint density at radius 2 is 1.64 bits per heavy atom. The second-order valence-corrected chi connectivity index (χ2v) is 2.78. The monoisotopic (exact) mass is 199 g/mol. The summed E-state index contributed by atoms with van der Waals surface area (Å²) in [5, 5.41) is 9.15. The molecule has 1 unspecified atom stereocenters. The minimum Gasteiger partial charge on any atom is -0.467 e. The first-order chi connectivity index (χ1) is 6.65. The van der Waals surface area contributed by atoms with E-state index in [0.29, 0.717) is 12.2 Å². The Bertz CT molecular complexity index is 282. The van der Waals surface area contributed by atoms with Crippen molar-refractivity contribution in [3.63, 3.8) is 0 Å². The Kier molecular flexibility index (Phi) is 3.58. The molecule has 0 amide bonds. The molecular formula is C8H13N3O3. The van der Waals surface area contributed by atoms with E-state index in [0.717, 1.165) is 0 Å². The fourth-order valence-corrected chi connectivity index (χ4v) is 0.916. The number of ether oxygens (including phenoxy) is 2. The highest BCUT2D eigenvalue weighted by Crippen LogP contribution is 2.09. The van der Waals surface area contributed by atoms with Crippen LogP contribution in [0, 0.1) is 0 Å². The first kappa shape index (κ1) is 10.6. The lowest BCUT2D eigenvalue weighted by molar-refractivity contribution is 0.191. The normalized spacial score (nSPS) is 12.3. The van der Waals surface area contributed by atoms with Crippen LogP contribution in [0.15, 0.2) is 0 Å². The molecule has 0 radical (unpaired) electrons. The van der Waals surface area contributed by atoms with Gasteiger partial charge in [0.15, 0.2) is 0 Å². The lowest BCUT2D eigenvalue weighted by Gasteiger charge is -2.05. The van der Waals surface area contributed by atoms with Crippen molar-refractivity contribution in [1.82, 2.24) is 15.0 Å². The summed E-state index contributed by atoms with van der Waals surface area (Å²) in [5.41, 5.74) is 0. The van der Waals surface area contributed by atoms with E-state index in [1.54, 1.807) is 6.92 Å². The number of hydrogen-bond donors (Lipinski definition) is 1. The molecule has 6 heteroatoms. The van der Waals surface area contributed by atoms with E-state index in [2.05, 4.69) is 15.0 Å². The summed E-state index contributed by atoms with van der Waals surface area (Å²) < 4.78 is 9.71. The van der Waals surface area contributed by atoms with Crippen LogP contribution in [0.3, 0.4) is 0 Å². The van der Waals surface area contributed by atoms with Gasteiger partial charge in [0.05, 0.1) is 20.3 Å². The van der Waals surface area contributed by atoms with E-state index < -0.39 is 6.10 Å². The lowest BCUT2D eigenvalue weighted by Crippen LogP contribution is -2.10. The van der Waals surface area contributed by atoms with Gasteiger partial charge in [0.25, 0.3) is 0 Å².